The number of sulfone groups is 1. The molecule has 0 aromatic heterocycles. The van der Waals surface area contributed by atoms with Crippen LogP contribution in [0.5, 0.6) is 5.75 Å². The molecule has 9 heteroatoms. The van der Waals surface area contributed by atoms with Crippen molar-refractivity contribution in [1.82, 2.24) is 4.90 Å². The summed E-state index contributed by atoms with van der Waals surface area (Å²) in [5.41, 5.74) is 1.28. The Morgan fingerprint density at radius 2 is 2.03 bits per heavy atom. The summed E-state index contributed by atoms with van der Waals surface area (Å²) < 4.78 is 30.8. The molecule has 1 heterocycles. The van der Waals surface area contributed by atoms with Crippen molar-refractivity contribution in [3.8, 4) is 5.75 Å². The molecule has 0 radical (unpaired) electrons. The first-order chi connectivity index (χ1) is 13.8. The van der Waals surface area contributed by atoms with Gasteiger partial charge in [-0.1, -0.05) is 40.3 Å². The Balaban J connectivity index is 1.73. The van der Waals surface area contributed by atoms with Crippen LogP contribution in [0.25, 0.3) is 6.08 Å². The number of amides is 1. The predicted molar refractivity (Wildman–Crippen MR) is 124 cm³/mol. The maximum absolute atomic E-state index is 12.8. The second-order valence-corrected chi connectivity index (χ2v) is 9.52. The lowest BCUT2D eigenvalue weighted by Gasteiger charge is -2.15. The van der Waals surface area contributed by atoms with Crippen molar-refractivity contribution in [3.63, 3.8) is 0 Å². The van der Waals surface area contributed by atoms with Gasteiger partial charge in [-0.25, -0.2) is 8.42 Å². The van der Waals surface area contributed by atoms with Gasteiger partial charge in [-0.05, 0) is 55.4 Å². The standard InChI is InChI=1S/C20H20ClIN2O4S/c1-24(13-22)8-2-9-28-18-6-4-15(21)11-17(18)20(25)23-16-5-3-14-7-10-29(26,27)19(14)12-16/h3-7,10-12H,2,8-9,13H2,1H3,(H,23,25). The van der Waals surface area contributed by atoms with Crippen molar-refractivity contribution in [2.75, 3.05) is 30.1 Å². The Morgan fingerprint density at radius 1 is 1.24 bits per heavy atom. The van der Waals surface area contributed by atoms with Crippen LogP contribution >= 0.6 is 34.2 Å². The van der Waals surface area contributed by atoms with Gasteiger partial charge in [0.15, 0.2) is 0 Å². The summed E-state index contributed by atoms with van der Waals surface area (Å²) in [6.07, 6.45) is 2.35. The number of fused-ring (bicyclic) bond motifs is 1. The van der Waals surface area contributed by atoms with E-state index >= 15 is 0 Å². The van der Waals surface area contributed by atoms with Gasteiger partial charge >= 0.3 is 0 Å². The maximum Gasteiger partial charge on any atom is 0.259 e. The smallest absolute Gasteiger partial charge is 0.259 e. The third-order valence-corrected chi connectivity index (χ3v) is 7.20. The van der Waals surface area contributed by atoms with E-state index in [9.17, 15) is 13.2 Å². The topological polar surface area (TPSA) is 75.7 Å². The van der Waals surface area contributed by atoms with Crippen LogP contribution in [0.2, 0.25) is 5.02 Å². The largest absolute Gasteiger partial charge is 0.493 e. The number of hydrogen-bond acceptors (Lipinski definition) is 5. The molecule has 6 nitrogen and oxygen atoms in total. The number of alkyl halides is 1. The van der Waals surface area contributed by atoms with Crippen LogP contribution in [0.1, 0.15) is 22.3 Å². The average molecular weight is 547 g/mol. The van der Waals surface area contributed by atoms with E-state index in [2.05, 4.69) is 32.8 Å². The van der Waals surface area contributed by atoms with E-state index in [0.29, 0.717) is 34.2 Å². The first-order valence-electron chi connectivity index (χ1n) is 8.85. The second-order valence-electron chi connectivity index (χ2n) is 6.60. The lowest BCUT2D eigenvalue weighted by molar-refractivity contribution is 0.102. The van der Waals surface area contributed by atoms with Gasteiger partial charge in [-0.2, -0.15) is 0 Å². The quantitative estimate of drug-likeness (QED) is 0.229. The van der Waals surface area contributed by atoms with E-state index in [0.717, 1.165) is 22.9 Å². The number of carbonyl (C=O) groups excluding carboxylic acids is 1. The zero-order valence-electron chi connectivity index (χ0n) is 15.7. The summed E-state index contributed by atoms with van der Waals surface area (Å²) in [6, 6.07) is 9.63. The minimum atomic E-state index is -3.45. The molecule has 0 atom stereocenters. The molecule has 154 valence electrons. The Morgan fingerprint density at radius 3 is 2.79 bits per heavy atom. The zero-order chi connectivity index (χ0) is 21.0. The molecule has 1 aliphatic rings. The fourth-order valence-electron chi connectivity index (χ4n) is 2.81. The van der Waals surface area contributed by atoms with Crippen LogP contribution in [0.4, 0.5) is 5.69 Å². The highest BCUT2D eigenvalue weighted by Crippen LogP contribution is 2.30. The summed E-state index contributed by atoms with van der Waals surface area (Å²) in [5, 5.41) is 4.30. The zero-order valence-corrected chi connectivity index (χ0v) is 19.4. The van der Waals surface area contributed by atoms with Crippen LogP contribution in [-0.2, 0) is 9.84 Å². The summed E-state index contributed by atoms with van der Waals surface area (Å²) in [7, 11) is -1.42. The van der Waals surface area contributed by atoms with Gasteiger partial charge in [0.05, 0.1) is 21.6 Å². The van der Waals surface area contributed by atoms with Gasteiger partial charge in [0, 0.05) is 22.7 Å². The number of nitrogens with one attached hydrogen (secondary N) is 1. The van der Waals surface area contributed by atoms with Crippen LogP contribution < -0.4 is 10.1 Å². The fraction of sp³-hybridized carbons (Fsp3) is 0.250. The van der Waals surface area contributed by atoms with Crippen molar-refractivity contribution in [1.29, 1.82) is 0 Å². The van der Waals surface area contributed by atoms with Gasteiger partial charge in [0.2, 0.25) is 9.84 Å². The number of benzene rings is 2. The van der Waals surface area contributed by atoms with Gasteiger partial charge in [0.25, 0.3) is 5.91 Å². The molecule has 2 aromatic rings. The van der Waals surface area contributed by atoms with E-state index in [-0.39, 0.29) is 4.90 Å². The lowest BCUT2D eigenvalue weighted by Crippen LogP contribution is -2.19. The minimum Gasteiger partial charge on any atom is -0.493 e. The highest BCUT2D eigenvalue weighted by molar-refractivity contribution is 14.1. The third-order valence-electron chi connectivity index (χ3n) is 4.34. The predicted octanol–water partition coefficient (Wildman–Crippen LogP) is 4.44. The van der Waals surface area contributed by atoms with Crippen molar-refractivity contribution in [2.24, 2.45) is 0 Å². The van der Waals surface area contributed by atoms with Crippen LogP contribution in [0, 0.1) is 0 Å². The van der Waals surface area contributed by atoms with E-state index in [1.165, 1.54) is 18.2 Å². The lowest BCUT2D eigenvalue weighted by atomic mass is 10.1. The van der Waals surface area contributed by atoms with Crippen molar-refractivity contribution in [2.45, 2.75) is 11.3 Å². The van der Waals surface area contributed by atoms with E-state index in [1.54, 1.807) is 24.3 Å². The molecule has 3 rings (SSSR count). The summed E-state index contributed by atoms with van der Waals surface area (Å²) in [6.45, 7) is 1.35. The fourth-order valence-corrected chi connectivity index (χ4v) is 4.55. The second kappa shape index (κ2) is 9.46. The highest BCUT2D eigenvalue weighted by Gasteiger charge is 2.22. The van der Waals surface area contributed by atoms with Gasteiger partial charge < -0.3 is 10.1 Å². The Hall–Kier alpha value is -1.62. The number of ether oxygens (including phenoxy) is 1. The van der Waals surface area contributed by atoms with Gasteiger partial charge in [-0.3, -0.25) is 9.69 Å². The molecular weight excluding hydrogens is 527 g/mol. The number of rotatable bonds is 8. The average Bonchev–Trinajstić information content (AvgIpc) is 3.00. The van der Waals surface area contributed by atoms with Gasteiger partial charge in [0.1, 0.15) is 5.75 Å². The number of nitrogens with zero attached hydrogens (tertiary/aromatic N) is 1. The number of hydrogen-bond donors (Lipinski definition) is 1. The van der Waals surface area contributed by atoms with Crippen LogP contribution in [-0.4, -0.2) is 44.0 Å². The van der Waals surface area contributed by atoms with E-state index in [1.807, 2.05) is 7.05 Å². The minimum absolute atomic E-state index is 0.178. The number of anilines is 1. The van der Waals surface area contributed by atoms with Crippen LogP contribution in [0.3, 0.4) is 0 Å². The third kappa shape index (κ3) is 5.50. The number of carbonyl (C=O) groups is 1. The molecule has 0 bridgehead atoms. The Kier molecular flexibility index (Phi) is 7.20. The molecule has 0 fully saturated rings. The maximum atomic E-state index is 12.8. The monoisotopic (exact) mass is 546 g/mol. The van der Waals surface area contributed by atoms with E-state index < -0.39 is 15.7 Å². The summed E-state index contributed by atoms with van der Waals surface area (Å²) in [5.74, 6) is 0.00894. The van der Waals surface area contributed by atoms with Crippen molar-refractivity contribution < 1.29 is 17.9 Å². The molecule has 29 heavy (non-hydrogen) atoms. The van der Waals surface area contributed by atoms with E-state index in [4.69, 9.17) is 16.3 Å². The SMILES string of the molecule is CN(CI)CCCOc1ccc(Cl)cc1C(=O)Nc1ccc2c(c1)S(=O)(=O)C=C2. The number of halogens is 2. The molecule has 0 saturated heterocycles. The molecule has 0 unspecified atom stereocenters. The molecular formula is C20H20ClIN2O4S. The first-order valence-corrected chi connectivity index (χ1v) is 12.3. The molecule has 2 aromatic carbocycles. The molecule has 0 saturated carbocycles. The first kappa shape index (κ1) is 22.1. The normalized spacial score (nSPS) is 14.1. The molecule has 1 N–H and O–H groups in total. The van der Waals surface area contributed by atoms with Crippen molar-refractivity contribution >= 4 is 61.7 Å². The van der Waals surface area contributed by atoms with Crippen LogP contribution in [0.15, 0.2) is 46.7 Å². The van der Waals surface area contributed by atoms with Crippen molar-refractivity contribution in [3.05, 3.63) is 58.0 Å². The Bertz CT molecular complexity index is 1060. The molecule has 0 aliphatic carbocycles. The molecule has 0 spiro atoms. The summed E-state index contributed by atoms with van der Waals surface area (Å²) in [4.78, 5) is 15.2. The van der Waals surface area contributed by atoms with Gasteiger partial charge in [-0.15, -0.1) is 0 Å². The highest BCUT2D eigenvalue weighted by atomic mass is 127. The molecule has 1 aliphatic heterocycles. The summed E-state index contributed by atoms with van der Waals surface area (Å²) >= 11 is 8.36. The molecule has 1 amide bonds. The Labute approximate surface area is 188 Å².